The summed E-state index contributed by atoms with van der Waals surface area (Å²) in [4.78, 5) is 11.1. The first kappa shape index (κ1) is 18.5. The van der Waals surface area contributed by atoms with Crippen LogP contribution in [0.5, 0.6) is 0 Å². The summed E-state index contributed by atoms with van der Waals surface area (Å²) >= 11 is 0. The van der Waals surface area contributed by atoms with Gasteiger partial charge in [-0.3, -0.25) is 0 Å². The van der Waals surface area contributed by atoms with E-state index in [-0.39, 0.29) is 17.8 Å². The molecule has 3 rings (SSSR count). The number of carbonyl (C=O) groups excluding carboxylic acids is 1. The fourth-order valence-corrected chi connectivity index (χ4v) is 2.52. The van der Waals surface area contributed by atoms with Crippen LogP contribution in [0.3, 0.4) is 0 Å². The van der Waals surface area contributed by atoms with Crippen LogP contribution in [-0.4, -0.2) is 36.6 Å². The zero-order chi connectivity index (χ0) is 18.9. The van der Waals surface area contributed by atoms with E-state index in [1.807, 2.05) is 52.0 Å². The number of nitrogens with zero attached hydrogens (tertiary/aromatic N) is 1. The van der Waals surface area contributed by atoms with E-state index in [0.29, 0.717) is 11.5 Å². The van der Waals surface area contributed by atoms with Gasteiger partial charge in [0.1, 0.15) is 5.69 Å². The lowest BCUT2D eigenvalue weighted by atomic mass is 9.79. The molecule has 0 aliphatic carbocycles. The van der Waals surface area contributed by atoms with Crippen molar-refractivity contribution in [2.75, 3.05) is 7.05 Å². The number of ether oxygens (including phenoxy) is 1. The monoisotopic (exact) mass is 358 g/mol. The predicted octanol–water partition coefficient (Wildman–Crippen LogP) is 2.50. The number of hydrogen-bond donors (Lipinski definition) is 1. The van der Waals surface area contributed by atoms with Gasteiger partial charge in [-0.15, -0.1) is 0 Å². The van der Waals surface area contributed by atoms with Crippen LogP contribution in [0.2, 0.25) is 0 Å². The highest BCUT2D eigenvalue weighted by atomic mass is 16.7. The van der Waals surface area contributed by atoms with Crippen LogP contribution >= 0.6 is 0 Å². The van der Waals surface area contributed by atoms with Crippen LogP contribution in [-0.2, 0) is 20.7 Å². The van der Waals surface area contributed by atoms with E-state index in [4.69, 9.17) is 18.6 Å². The van der Waals surface area contributed by atoms with Crippen molar-refractivity contribution < 1.29 is 23.4 Å². The van der Waals surface area contributed by atoms with Crippen LogP contribution in [0, 0.1) is 0 Å². The summed E-state index contributed by atoms with van der Waals surface area (Å²) in [5.74, 6) is 0.471. The number of aromatic nitrogens is 1. The molecule has 0 bridgehead atoms. The zero-order valence-corrected chi connectivity index (χ0v) is 15.7. The van der Waals surface area contributed by atoms with E-state index in [9.17, 15) is 4.79 Å². The molecule has 1 aromatic carbocycles. The summed E-state index contributed by atoms with van der Waals surface area (Å²) in [6.07, 6.45) is -0.519. The Hall–Kier alpha value is -2.32. The first-order chi connectivity index (χ1) is 12.2. The van der Waals surface area contributed by atoms with Gasteiger partial charge in [0.15, 0.2) is 12.4 Å². The largest absolute Gasteiger partial charge is 0.494 e. The minimum absolute atomic E-state index is 0.0265. The second-order valence-corrected chi connectivity index (χ2v) is 7.21. The number of alkyl carbamates (subject to hydrolysis) is 1. The van der Waals surface area contributed by atoms with Crippen molar-refractivity contribution in [1.82, 2.24) is 10.5 Å². The number of nitrogens with one attached hydrogen (secondary N) is 1. The summed E-state index contributed by atoms with van der Waals surface area (Å²) in [7, 11) is 1.10. The van der Waals surface area contributed by atoms with Crippen LogP contribution in [0.4, 0.5) is 4.79 Å². The van der Waals surface area contributed by atoms with Gasteiger partial charge in [0.2, 0.25) is 0 Å². The Bertz CT molecular complexity index is 769. The van der Waals surface area contributed by atoms with E-state index in [2.05, 4.69) is 10.5 Å². The molecule has 1 saturated heterocycles. The molecule has 1 aromatic heterocycles. The maximum Gasteiger partial charge on any atom is 0.494 e. The van der Waals surface area contributed by atoms with Crippen molar-refractivity contribution in [2.45, 2.75) is 45.5 Å². The van der Waals surface area contributed by atoms with Gasteiger partial charge in [0.25, 0.3) is 0 Å². The molecule has 0 spiro atoms. The van der Waals surface area contributed by atoms with E-state index in [1.54, 1.807) is 6.07 Å². The summed E-state index contributed by atoms with van der Waals surface area (Å²) in [6.45, 7) is 8.13. The molecule has 138 valence electrons. The SMILES string of the molecule is CNC(=O)OCc1cc(-c2ccc(B3OC(C)(C)C(C)(C)O3)cc2)no1. The van der Waals surface area contributed by atoms with Crippen molar-refractivity contribution in [3.05, 3.63) is 36.1 Å². The Morgan fingerprint density at radius 3 is 2.35 bits per heavy atom. The van der Waals surface area contributed by atoms with Crippen LogP contribution in [0.15, 0.2) is 34.9 Å². The second kappa shape index (κ2) is 6.77. The number of rotatable bonds is 4. The van der Waals surface area contributed by atoms with E-state index in [1.165, 1.54) is 7.05 Å². The molecule has 1 aliphatic heterocycles. The molecule has 0 atom stereocenters. The van der Waals surface area contributed by atoms with E-state index >= 15 is 0 Å². The molecule has 1 aliphatic rings. The molecular formula is C18H23BN2O5. The van der Waals surface area contributed by atoms with Crippen molar-refractivity contribution in [2.24, 2.45) is 0 Å². The predicted molar refractivity (Wildman–Crippen MR) is 96.9 cm³/mol. The number of carbonyl (C=O) groups is 1. The molecule has 26 heavy (non-hydrogen) atoms. The standard InChI is InChI=1S/C18H23BN2O5/c1-17(2)18(3,4)26-19(25-17)13-8-6-12(7-9-13)15-10-14(24-21-15)11-23-16(22)20-5/h6-10H,11H2,1-5H3,(H,20,22). The van der Waals surface area contributed by atoms with Gasteiger partial charge < -0.3 is 23.9 Å². The molecule has 1 amide bonds. The van der Waals surface area contributed by atoms with Crippen molar-refractivity contribution in [3.8, 4) is 11.3 Å². The highest BCUT2D eigenvalue weighted by Crippen LogP contribution is 2.36. The minimum atomic E-state index is -0.519. The summed E-state index contributed by atoms with van der Waals surface area (Å²) < 4.78 is 22.2. The first-order valence-electron chi connectivity index (χ1n) is 8.48. The lowest BCUT2D eigenvalue weighted by Gasteiger charge is -2.32. The number of benzene rings is 1. The molecular weight excluding hydrogens is 335 g/mol. The Labute approximate surface area is 153 Å². The molecule has 1 fully saturated rings. The normalized spacial score (nSPS) is 18.0. The third-order valence-electron chi connectivity index (χ3n) is 4.84. The molecule has 7 nitrogen and oxygen atoms in total. The average Bonchev–Trinajstić information content (AvgIpc) is 3.15. The van der Waals surface area contributed by atoms with Gasteiger partial charge in [0, 0.05) is 18.7 Å². The van der Waals surface area contributed by atoms with Gasteiger partial charge in [-0.05, 0) is 33.2 Å². The third-order valence-corrected chi connectivity index (χ3v) is 4.84. The maximum atomic E-state index is 11.1. The second-order valence-electron chi connectivity index (χ2n) is 7.21. The van der Waals surface area contributed by atoms with Crippen molar-refractivity contribution >= 4 is 18.7 Å². The maximum absolute atomic E-state index is 11.1. The summed E-state index contributed by atoms with van der Waals surface area (Å²) in [5.41, 5.74) is 1.75. The smallest absolute Gasteiger partial charge is 0.441 e. The number of amides is 1. The first-order valence-corrected chi connectivity index (χ1v) is 8.48. The fraction of sp³-hybridized carbons (Fsp3) is 0.444. The molecule has 0 saturated carbocycles. The van der Waals surface area contributed by atoms with E-state index < -0.39 is 13.2 Å². The molecule has 0 radical (unpaired) electrons. The third kappa shape index (κ3) is 3.61. The Morgan fingerprint density at radius 2 is 1.77 bits per heavy atom. The number of hydrogen-bond acceptors (Lipinski definition) is 6. The van der Waals surface area contributed by atoms with E-state index in [0.717, 1.165) is 11.0 Å². The van der Waals surface area contributed by atoms with Crippen molar-refractivity contribution in [3.63, 3.8) is 0 Å². The molecule has 0 unspecified atom stereocenters. The zero-order valence-electron chi connectivity index (χ0n) is 15.7. The van der Waals surface area contributed by atoms with Crippen molar-refractivity contribution in [1.29, 1.82) is 0 Å². The molecule has 1 N–H and O–H groups in total. The van der Waals surface area contributed by atoms with Crippen LogP contribution in [0.25, 0.3) is 11.3 Å². The Morgan fingerprint density at radius 1 is 1.15 bits per heavy atom. The summed E-state index contributed by atoms with van der Waals surface area (Å²) in [6, 6.07) is 9.51. The minimum Gasteiger partial charge on any atom is -0.441 e. The molecule has 2 aromatic rings. The topological polar surface area (TPSA) is 82.8 Å². The Balaban J connectivity index is 1.69. The lowest BCUT2D eigenvalue weighted by molar-refractivity contribution is 0.00578. The van der Waals surface area contributed by atoms with Crippen LogP contribution in [0.1, 0.15) is 33.5 Å². The highest BCUT2D eigenvalue weighted by molar-refractivity contribution is 6.62. The Kier molecular flexibility index (Phi) is 4.81. The van der Waals surface area contributed by atoms with Gasteiger partial charge in [-0.1, -0.05) is 29.4 Å². The van der Waals surface area contributed by atoms with Gasteiger partial charge >= 0.3 is 13.2 Å². The average molecular weight is 358 g/mol. The molecule has 2 heterocycles. The van der Waals surface area contributed by atoms with Gasteiger partial charge in [-0.2, -0.15) is 0 Å². The highest BCUT2D eigenvalue weighted by Gasteiger charge is 2.51. The summed E-state index contributed by atoms with van der Waals surface area (Å²) in [5, 5.41) is 6.39. The lowest BCUT2D eigenvalue weighted by Crippen LogP contribution is -2.41. The van der Waals surface area contributed by atoms with Gasteiger partial charge in [-0.25, -0.2) is 4.79 Å². The fourth-order valence-electron chi connectivity index (χ4n) is 2.52. The van der Waals surface area contributed by atoms with Crippen LogP contribution < -0.4 is 10.8 Å². The quantitative estimate of drug-likeness (QED) is 0.846. The molecule has 8 heteroatoms. The van der Waals surface area contributed by atoms with Gasteiger partial charge in [0.05, 0.1) is 11.2 Å².